The average molecular weight is 248 g/mol. The highest BCUT2D eigenvalue weighted by atomic mass is 16.1. The molecule has 0 unspecified atom stereocenters. The molecule has 0 spiro atoms. The van der Waals surface area contributed by atoms with E-state index in [4.69, 9.17) is 5.73 Å². The zero-order chi connectivity index (χ0) is 13.8. The highest BCUT2D eigenvalue weighted by Crippen LogP contribution is 2.21. The maximum Gasteiger partial charge on any atom is 0.251 e. The van der Waals surface area contributed by atoms with Crippen molar-refractivity contribution in [1.29, 1.82) is 0 Å². The topological polar surface area (TPSA) is 55.1 Å². The first-order valence-electron chi connectivity index (χ1n) is 6.66. The molecule has 1 amide bonds. The van der Waals surface area contributed by atoms with Crippen molar-refractivity contribution in [3.8, 4) is 0 Å². The van der Waals surface area contributed by atoms with Crippen LogP contribution >= 0.6 is 0 Å². The lowest BCUT2D eigenvalue weighted by atomic mass is 9.89. The van der Waals surface area contributed by atoms with Gasteiger partial charge in [0, 0.05) is 16.8 Å². The summed E-state index contributed by atoms with van der Waals surface area (Å²) >= 11 is 0. The Morgan fingerprint density at radius 3 is 2.22 bits per heavy atom. The Bertz CT molecular complexity index is 414. The van der Waals surface area contributed by atoms with Gasteiger partial charge in [0.15, 0.2) is 0 Å². The van der Waals surface area contributed by atoms with Crippen molar-refractivity contribution in [3.63, 3.8) is 0 Å². The third-order valence-corrected chi connectivity index (χ3v) is 3.90. The van der Waals surface area contributed by atoms with E-state index in [-0.39, 0.29) is 11.4 Å². The van der Waals surface area contributed by atoms with E-state index in [9.17, 15) is 4.79 Å². The first-order valence-corrected chi connectivity index (χ1v) is 6.66. The highest BCUT2D eigenvalue weighted by molar-refractivity contribution is 5.96. The third-order valence-electron chi connectivity index (χ3n) is 3.90. The predicted molar refractivity (Wildman–Crippen MR) is 76.7 cm³/mol. The largest absolute Gasteiger partial charge is 0.399 e. The van der Waals surface area contributed by atoms with Gasteiger partial charge in [-0.2, -0.15) is 0 Å². The number of hydrogen-bond donors (Lipinski definition) is 2. The Labute approximate surface area is 110 Å². The van der Waals surface area contributed by atoms with E-state index in [1.807, 2.05) is 13.0 Å². The summed E-state index contributed by atoms with van der Waals surface area (Å²) in [5, 5.41) is 3.18. The third kappa shape index (κ3) is 3.03. The van der Waals surface area contributed by atoms with Crippen LogP contribution in [0.2, 0.25) is 0 Å². The molecule has 0 aromatic heterocycles. The number of hydrogen-bond acceptors (Lipinski definition) is 2. The summed E-state index contributed by atoms with van der Waals surface area (Å²) in [5.74, 6) is -0.00181. The van der Waals surface area contributed by atoms with E-state index in [0.717, 1.165) is 24.8 Å². The van der Waals surface area contributed by atoms with E-state index >= 15 is 0 Å². The van der Waals surface area contributed by atoms with Crippen LogP contribution in [0.5, 0.6) is 0 Å². The number of nitrogen functional groups attached to an aromatic ring is 1. The molecule has 0 saturated heterocycles. The number of carbonyl (C=O) groups is 1. The minimum Gasteiger partial charge on any atom is -0.399 e. The number of nitrogens with one attached hydrogen (secondary N) is 1. The Morgan fingerprint density at radius 1 is 1.22 bits per heavy atom. The molecule has 1 rings (SSSR count). The van der Waals surface area contributed by atoms with Gasteiger partial charge in [0.25, 0.3) is 5.91 Å². The minimum atomic E-state index is -0.0924. The Morgan fingerprint density at radius 2 is 1.78 bits per heavy atom. The van der Waals surface area contributed by atoms with E-state index < -0.39 is 0 Å². The van der Waals surface area contributed by atoms with Crippen molar-refractivity contribution in [2.45, 2.75) is 52.5 Å². The molecular weight excluding hydrogens is 224 g/mol. The molecule has 0 aliphatic carbocycles. The van der Waals surface area contributed by atoms with Crippen molar-refractivity contribution in [2.75, 3.05) is 5.73 Å². The molecule has 0 fully saturated rings. The number of carbonyl (C=O) groups excluding carboxylic acids is 1. The van der Waals surface area contributed by atoms with Gasteiger partial charge < -0.3 is 11.1 Å². The maximum absolute atomic E-state index is 12.3. The fourth-order valence-electron chi connectivity index (χ4n) is 2.26. The molecule has 0 atom stereocenters. The first-order chi connectivity index (χ1) is 8.48. The normalized spacial score (nSPS) is 11.3. The number of nitrogens with two attached hydrogens (primary N) is 1. The molecule has 100 valence electrons. The molecule has 0 bridgehead atoms. The van der Waals surface area contributed by atoms with Gasteiger partial charge in [0.2, 0.25) is 0 Å². The van der Waals surface area contributed by atoms with Crippen molar-refractivity contribution in [1.82, 2.24) is 5.32 Å². The van der Waals surface area contributed by atoms with Crippen LogP contribution in [0.1, 0.15) is 56.0 Å². The zero-order valence-electron chi connectivity index (χ0n) is 11.8. The van der Waals surface area contributed by atoms with Gasteiger partial charge in [-0.25, -0.2) is 0 Å². The summed E-state index contributed by atoms with van der Waals surface area (Å²) in [5.41, 5.74) is 7.93. The molecule has 18 heavy (non-hydrogen) atoms. The second kappa shape index (κ2) is 5.89. The molecule has 1 aromatic carbocycles. The first kappa shape index (κ1) is 14.6. The van der Waals surface area contributed by atoms with Crippen LogP contribution in [0.25, 0.3) is 0 Å². The standard InChI is InChI=1S/C15H24N2O/c1-5-15(6-2,7-3)17-14(18)13-9-8-12(16)10-11(13)4/h8-10H,5-7,16H2,1-4H3,(H,17,18). The Hall–Kier alpha value is -1.51. The average Bonchev–Trinajstić information content (AvgIpc) is 2.36. The van der Waals surface area contributed by atoms with E-state index in [2.05, 4.69) is 26.1 Å². The van der Waals surface area contributed by atoms with Crippen molar-refractivity contribution in [2.24, 2.45) is 0 Å². The van der Waals surface area contributed by atoms with Crippen LogP contribution in [0.15, 0.2) is 18.2 Å². The summed E-state index contributed by atoms with van der Waals surface area (Å²) in [4.78, 5) is 12.3. The monoisotopic (exact) mass is 248 g/mol. The van der Waals surface area contributed by atoms with Crippen LogP contribution in [0.3, 0.4) is 0 Å². The molecule has 0 radical (unpaired) electrons. The lowest BCUT2D eigenvalue weighted by Gasteiger charge is -2.32. The predicted octanol–water partition coefficient (Wildman–Crippen LogP) is 3.28. The molecule has 3 N–H and O–H groups in total. The fraction of sp³-hybridized carbons (Fsp3) is 0.533. The second-order valence-corrected chi connectivity index (χ2v) is 4.87. The maximum atomic E-state index is 12.3. The van der Waals surface area contributed by atoms with Crippen molar-refractivity contribution in [3.05, 3.63) is 29.3 Å². The summed E-state index contributed by atoms with van der Waals surface area (Å²) in [6.45, 7) is 8.26. The lowest BCUT2D eigenvalue weighted by Crippen LogP contribution is -2.47. The smallest absolute Gasteiger partial charge is 0.251 e. The highest BCUT2D eigenvalue weighted by Gasteiger charge is 2.26. The SMILES string of the molecule is CCC(CC)(CC)NC(=O)c1ccc(N)cc1C. The van der Waals surface area contributed by atoms with Crippen LogP contribution in [-0.2, 0) is 0 Å². The summed E-state index contributed by atoms with van der Waals surface area (Å²) in [7, 11) is 0. The summed E-state index contributed by atoms with van der Waals surface area (Å²) < 4.78 is 0. The molecule has 3 nitrogen and oxygen atoms in total. The summed E-state index contributed by atoms with van der Waals surface area (Å²) in [6, 6.07) is 5.40. The van der Waals surface area contributed by atoms with Gasteiger partial charge in [0.05, 0.1) is 0 Å². The van der Waals surface area contributed by atoms with Crippen molar-refractivity contribution < 1.29 is 4.79 Å². The second-order valence-electron chi connectivity index (χ2n) is 4.87. The van der Waals surface area contributed by atoms with Gasteiger partial charge in [-0.1, -0.05) is 20.8 Å². The molecule has 0 aliphatic rings. The summed E-state index contributed by atoms with van der Waals surface area (Å²) in [6.07, 6.45) is 2.83. The molecule has 0 aliphatic heterocycles. The Kier molecular flexibility index (Phi) is 4.76. The van der Waals surface area contributed by atoms with Gasteiger partial charge in [-0.3, -0.25) is 4.79 Å². The molecule has 0 saturated carbocycles. The number of aryl methyl sites for hydroxylation is 1. The van der Waals surface area contributed by atoms with Crippen LogP contribution in [-0.4, -0.2) is 11.4 Å². The van der Waals surface area contributed by atoms with E-state index in [1.165, 1.54) is 0 Å². The minimum absolute atomic E-state index is 0.00181. The van der Waals surface area contributed by atoms with Gasteiger partial charge in [-0.15, -0.1) is 0 Å². The van der Waals surface area contributed by atoms with E-state index in [1.54, 1.807) is 12.1 Å². The molecular formula is C15H24N2O. The number of anilines is 1. The number of rotatable bonds is 5. The van der Waals surface area contributed by atoms with E-state index in [0.29, 0.717) is 11.3 Å². The number of benzene rings is 1. The Balaban J connectivity index is 2.94. The number of amides is 1. The fourth-order valence-corrected chi connectivity index (χ4v) is 2.26. The van der Waals surface area contributed by atoms with Gasteiger partial charge in [-0.05, 0) is 49.9 Å². The van der Waals surface area contributed by atoms with Gasteiger partial charge >= 0.3 is 0 Å². The lowest BCUT2D eigenvalue weighted by molar-refractivity contribution is 0.0887. The zero-order valence-corrected chi connectivity index (χ0v) is 11.8. The van der Waals surface area contributed by atoms with Crippen LogP contribution in [0.4, 0.5) is 5.69 Å². The van der Waals surface area contributed by atoms with Crippen molar-refractivity contribution >= 4 is 11.6 Å². The molecule has 0 heterocycles. The van der Waals surface area contributed by atoms with Crippen LogP contribution < -0.4 is 11.1 Å². The van der Waals surface area contributed by atoms with Crippen LogP contribution in [0, 0.1) is 6.92 Å². The quantitative estimate of drug-likeness (QED) is 0.786. The molecule has 3 heteroatoms. The molecule has 1 aromatic rings. The van der Waals surface area contributed by atoms with Gasteiger partial charge in [0.1, 0.15) is 0 Å².